The molecule has 8 heteroatoms. The fourth-order valence-electron chi connectivity index (χ4n) is 2.98. The summed E-state index contributed by atoms with van der Waals surface area (Å²) in [6.45, 7) is 4.51. The number of aromatic nitrogens is 2. The zero-order chi connectivity index (χ0) is 18.7. The van der Waals surface area contributed by atoms with E-state index in [1.165, 1.54) is 12.3 Å². The maximum absolute atomic E-state index is 12.3. The summed E-state index contributed by atoms with van der Waals surface area (Å²) in [5.41, 5.74) is 1.43. The van der Waals surface area contributed by atoms with Crippen LogP contribution in [0.25, 0.3) is 0 Å². The van der Waals surface area contributed by atoms with Gasteiger partial charge in [-0.1, -0.05) is 12.1 Å². The molecule has 0 aromatic carbocycles. The van der Waals surface area contributed by atoms with Gasteiger partial charge in [0.2, 0.25) is 5.78 Å². The molecule has 1 saturated heterocycles. The molecule has 0 atom stereocenters. The van der Waals surface area contributed by atoms with E-state index in [0.717, 1.165) is 25.9 Å². The summed E-state index contributed by atoms with van der Waals surface area (Å²) in [5.74, 6) is -0.786. The number of H-pyrrole nitrogens is 1. The standard InChI is InChI=1S/C18H21N3O5/c1-3-13-16(11(2)26-20-13)18(24)25-10-15(22)12-8-14(19-9-12)17(23)21-6-4-5-7-21/h8-9,19H,3-7,10H2,1-2H3. The van der Waals surface area contributed by atoms with Crippen LogP contribution in [0.3, 0.4) is 0 Å². The topological polar surface area (TPSA) is 105 Å². The third-order valence-corrected chi connectivity index (χ3v) is 4.44. The second-order valence-corrected chi connectivity index (χ2v) is 6.21. The van der Waals surface area contributed by atoms with Crippen molar-refractivity contribution in [2.45, 2.75) is 33.1 Å². The van der Waals surface area contributed by atoms with Crippen molar-refractivity contribution in [1.82, 2.24) is 15.0 Å². The number of esters is 1. The van der Waals surface area contributed by atoms with Crippen LogP contribution in [0.1, 0.15) is 62.4 Å². The summed E-state index contributed by atoms with van der Waals surface area (Å²) in [6, 6.07) is 1.50. The van der Waals surface area contributed by atoms with Crippen molar-refractivity contribution in [1.29, 1.82) is 0 Å². The summed E-state index contributed by atoms with van der Waals surface area (Å²) >= 11 is 0. The molecule has 1 fully saturated rings. The number of aromatic amines is 1. The number of amides is 1. The van der Waals surface area contributed by atoms with Crippen LogP contribution in [0.15, 0.2) is 16.8 Å². The van der Waals surface area contributed by atoms with Gasteiger partial charge in [0.05, 0.1) is 5.69 Å². The molecule has 0 unspecified atom stereocenters. The van der Waals surface area contributed by atoms with E-state index in [2.05, 4.69) is 10.1 Å². The molecule has 1 aliphatic rings. The zero-order valence-electron chi connectivity index (χ0n) is 14.8. The average Bonchev–Trinajstić information content (AvgIpc) is 3.38. The van der Waals surface area contributed by atoms with Gasteiger partial charge >= 0.3 is 5.97 Å². The third-order valence-electron chi connectivity index (χ3n) is 4.44. The van der Waals surface area contributed by atoms with Gasteiger partial charge in [0.1, 0.15) is 17.0 Å². The smallest absolute Gasteiger partial charge is 0.344 e. The Morgan fingerprint density at radius 3 is 2.73 bits per heavy atom. The van der Waals surface area contributed by atoms with Crippen LogP contribution in [-0.4, -0.2) is 52.4 Å². The zero-order valence-corrected chi connectivity index (χ0v) is 14.8. The van der Waals surface area contributed by atoms with Crippen LogP contribution >= 0.6 is 0 Å². The van der Waals surface area contributed by atoms with Gasteiger partial charge in [-0.05, 0) is 32.3 Å². The van der Waals surface area contributed by atoms with E-state index >= 15 is 0 Å². The Bertz CT molecular complexity index is 830. The lowest BCUT2D eigenvalue weighted by Crippen LogP contribution is -2.27. The van der Waals surface area contributed by atoms with Gasteiger partial charge in [0.25, 0.3) is 5.91 Å². The SMILES string of the molecule is CCc1noc(C)c1C(=O)OCC(=O)c1c[nH]c(C(=O)N2CCCC2)c1. The minimum atomic E-state index is -0.641. The first-order chi connectivity index (χ1) is 12.5. The van der Waals surface area contributed by atoms with E-state index in [1.807, 2.05) is 6.92 Å². The minimum absolute atomic E-state index is 0.119. The predicted molar refractivity (Wildman–Crippen MR) is 91.2 cm³/mol. The van der Waals surface area contributed by atoms with Gasteiger partial charge in [0, 0.05) is 24.8 Å². The number of likely N-dealkylation sites (tertiary alicyclic amines) is 1. The number of nitrogens with one attached hydrogen (secondary N) is 1. The lowest BCUT2D eigenvalue weighted by Gasteiger charge is -2.13. The van der Waals surface area contributed by atoms with Crippen LogP contribution in [0, 0.1) is 6.92 Å². The van der Waals surface area contributed by atoms with Gasteiger partial charge < -0.3 is 19.1 Å². The maximum Gasteiger partial charge on any atom is 0.344 e. The molecule has 1 aliphatic heterocycles. The second kappa shape index (κ2) is 7.55. The van der Waals surface area contributed by atoms with Crippen LogP contribution < -0.4 is 0 Å². The quantitative estimate of drug-likeness (QED) is 0.626. The number of rotatable bonds is 6. The molecule has 1 amide bonds. The molecule has 0 saturated carbocycles. The number of ether oxygens (including phenoxy) is 1. The summed E-state index contributed by atoms with van der Waals surface area (Å²) in [5, 5.41) is 3.79. The van der Waals surface area contributed by atoms with Crippen molar-refractivity contribution >= 4 is 17.7 Å². The number of aryl methyl sites for hydroxylation is 2. The number of carbonyl (C=O) groups is 3. The molecule has 0 aliphatic carbocycles. The van der Waals surface area contributed by atoms with Gasteiger partial charge in [-0.15, -0.1) is 0 Å². The van der Waals surface area contributed by atoms with Crippen molar-refractivity contribution in [3.05, 3.63) is 40.5 Å². The maximum atomic E-state index is 12.3. The van der Waals surface area contributed by atoms with Crippen LogP contribution in [0.4, 0.5) is 0 Å². The van der Waals surface area contributed by atoms with Crippen LogP contribution in [0.2, 0.25) is 0 Å². The summed E-state index contributed by atoms with van der Waals surface area (Å²) < 4.78 is 10.1. The van der Waals surface area contributed by atoms with Gasteiger partial charge in [-0.25, -0.2) is 4.79 Å². The lowest BCUT2D eigenvalue weighted by atomic mass is 10.1. The molecule has 2 aromatic heterocycles. The minimum Gasteiger partial charge on any atom is -0.454 e. The highest BCUT2D eigenvalue weighted by molar-refractivity contribution is 6.02. The monoisotopic (exact) mass is 359 g/mol. The molecule has 1 N–H and O–H groups in total. The molecule has 138 valence electrons. The Morgan fingerprint density at radius 2 is 2.04 bits per heavy atom. The Morgan fingerprint density at radius 1 is 1.31 bits per heavy atom. The van der Waals surface area contributed by atoms with E-state index in [1.54, 1.807) is 11.8 Å². The highest BCUT2D eigenvalue weighted by Gasteiger charge is 2.24. The largest absolute Gasteiger partial charge is 0.454 e. The van der Waals surface area contributed by atoms with Crippen molar-refractivity contribution in [2.24, 2.45) is 0 Å². The normalized spacial score (nSPS) is 13.8. The molecular weight excluding hydrogens is 338 g/mol. The van der Waals surface area contributed by atoms with Crippen LogP contribution in [0.5, 0.6) is 0 Å². The van der Waals surface area contributed by atoms with Crippen LogP contribution in [-0.2, 0) is 11.2 Å². The van der Waals surface area contributed by atoms with Gasteiger partial charge in [0.15, 0.2) is 6.61 Å². The Labute approximate surface area is 150 Å². The summed E-state index contributed by atoms with van der Waals surface area (Å²) in [4.78, 5) is 41.3. The molecular formula is C18H21N3O5. The fourth-order valence-corrected chi connectivity index (χ4v) is 2.98. The lowest BCUT2D eigenvalue weighted by molar-refractivity contribution is 0.0472. The van der Waals surface area contributed by atoms with Gasteiger partial charge in [-0.2, -0.15) is 0 Å². The van der Waals surface area contributed by atoms with E-state index in [0.29, 0.717) is 29.1 Å². The first-order valence-electron chi connectivity index (χ1n) is 8.64. The number of ketones is 1. The fraction of sp³-hybridized carbons (Fsp3) is 0.444. The van der Waals surface area contributed by atoms with E-state index in [9.17, 15) is 14.4 Å². The predicted octanol–water partition coefficient (Wildman–Crippen LogP) is 2.15. The number of carbonyl (C=O) groups excluding carboxylic acids is 3. The van der Waals surface area contributed by atoms with E-state index in [4.69, 9.17) is 9.26 Å². The summed E-state index contributed by atoms with van der Waals surface area (Å²) in [7, 11) is 0. The summed E-state index contributed by atoms with van der Waals surface area (Å²) in [6.07, 6.45) is 3.98. The molecule has 3 rings (SSSR count). The van der Waals surface area contributed by atoms with Crippen molar-refractivity contribution < 1.29 is 23.6 Å². The average molecular weight is 359 g/mol. The molecule has 26 heavy (non-hydrogen) atoms. The number of Topliss-reactive ketones (excluding diaryl/α,β-unsaturated/α-hetero) is 1. The van der Waals surface area contributed by atoms with Crippen molar-refractivity contribution in [2.75, 3.05) is 19.7 Å². The molecule has 0 bridgehead atoms. The number of hydrogen-bond acceptors (Lipinski definition) is 6. The second-order valence-electron chi connectivity index (χ2n) is 6.21. The number of hydrogen-bond donors (Lipinski definition) is 1. The third kappa shape index (κ3) is 3.54. The first kappa shape index (κ1) is 17.9. The van der Waals surface area contributed by atoms with E-state index < -0.39 is 12.6 Å². The van der Waals surface area contributed by atoms with Gasteiger partial charge in [-0.3, -0.25) is 9.59 Å². The van der Waals surface area contributed by atoms with E-state index in [-0.39, 0.29) is 17.3 Å². The first-order valence-corrected chi connectivity index (χ1v) is 8.64. The Kier molecular flexibility index (Phi) is 5.20. The Hall–Kier alpha value is -2.90. The molecule has 2 aromatic rings. The molecule has 3 heterocycles. The highest BCUT2D eigenvalue weighted by atomic mass is 16.5. The van der Waals surface area contributed by atoms with Crippen molar-refractivity contribution in [3.63, 3.8) is 0 Å². The molecule has 8 nitrogen and oxygen atoms in total. The van der Waals surface area contributed by atoms with Crippen molar-refractivity contribution in [3.8, 4) is 0 Å². The molecule has 0 spiro atoms. The highest BCUT2D eigenvalue weighted by Crippen LogP contribution is 2.16. The number of nitrogens with zero attached hydrogens (tertiary/aromatic N) is 2. The Balaban J connectivity index is 1.61. The molecule has 0 radical (unpaired) electrons.